The molecule has 5 aromatic carbocycles. The Morgan fingerprint density at radius 2 is 1.39 bits per heavy atom. The van der Waals surface area contributed by atoms with Crippen LogP contribution in [0, 0.1) is 0 Å². The second-order valence-electron chi connectivity index (χ2n) is 12.5. The van der Waals surface area contributed by atoms with Crippen molar-refractivity contribution in [3.63, 3.8) is 0 Å². The van der Waals surface area contributed by atoms with Gasteiger partial charge in [-0.2, -0.15) is 0 Å². The Bertz CT molecular complexity index is 2350. The van der Waals surface area contributed by atoms with Crippen LogP contribution in [0.1, 0.15) is 43.4 Å². The Kier molecular flexibility index (Phi) is 5.37. The summed E-state index contributed by atoms with van der Waals surface area (Å²) in [4.78, 5) is 10.5. The third kappa shape index (κ3) is 3.56. The zero-order valence-corrected chi connectivity index (χ0v) is 24.9. The number of para-hydroxylation sites is 2. The molecule has 0 fully saturated rings. The number of hydrogen-bond acceptors (Lipinski definition) is 2. The van der Waals surface area contributed by atoms with Crippen molar-refractivity contribution in [1.82, 2.24) is 14.5 Å². The van der Waals surface area contributed by atoms with Crippen molar-refractivity contribution in [3.8, 4) is 28.3 Å². The zero-order valence-electron chi connectivity index (χ0n) is 24.9. The molecule has 2 heterocycles. The molecular formula is C41H31N3. The minimum atomic E-state index is -0.0639. The Morgan fingerprint density at radius 1 is 0.636 bits per heavy atom. The highest BCUT2D eigenvalue weighted by Gasteiger charge is 2.37. The average Bonchev–Trinajstić information content (AvgIpc) is 3.53. The van der Waals surface area contributed by atoms with E-state index in [4.69, 9.17) is 9.97 Å². The first-order valence-electron chi connectivity index (χ1n) is 15.5. The summed E-state index contributed by atoms with van der Waals surface area (Å²) in [6, 6.07) is 39.4. The highest BCUT2D eigenvalue weighted by Crippen LogP contribution is 2.53. The van der Waals surface area contributed by atoms with Crippen LogP contribution in [0.5, 0.6) is 0 Å². The quantitative estimate of drug-likeness (QED) is 0.213. The second-order valence-corrected chi connectivity index (χ2v) is 12.5. The molecule has 0 saturated carbocycles. The van der Waals surface area contributed by atoms with Crippen LogP contribution in [-0.4, -0.2) is 14.5 Å². The van der Waals surface area contributed by atoms with Crippen molar-refractivity contribution in [2.45, 2.75) is 32.1 Å². The summed E-state index contributed by atoms with van der Waals surface area (Å²) in [7, 11) is 0. The second kappa shape index (κ2) is 9.36. The normalized spacial score (nSPS) is 15.1. The maximum Gasteiger partial charge on any atom is 0.235 e. The Labute approximate surface area is 256 Å². The van der Waals surface area contributed by atoms with Crippen LogP contribution in [0.25, 0.3) is 66.6 Å². The molecule has 0 radical (unpaired) electrons. The maximum atomic E-state index is 5.35. The van der Waals surface area contributed by atoms with Crippen molar-refractivity contribution in [2.24, 2.45) is 0 Å². The van der Waals surface area contributed by atoms with E-state index in [0.717, 1.165) is 46.0 Å². The molecule has 3 heteroatoms. The fourth-order valence-electron chi connectivity index (χ4n) is 7.50. The van der Waals surface area contributed by atoms with Crippen molar-refractivity contribution < 1.29 is 0 Å². The molecule has 0 saturated heterocycles. The molecule has 2 aromatic heterocycles. The SMILES string of the molecule is CC1(C)c2ccccc2-c2c1ccc1c2c2ccccc2n1-c1nc(-c2ccc(C3=CCCC=C3)cc2)c2ccccc2n1. The van der Waals surface area contributed by atoms with Crippen molar-refractivity contribution >= 4 is 38.3 Å². The molecular weight excluding hydrogens is 534 g/mol. The van der Waals surface area contributed by atoms with E-state index in [1.165, 1.54) is 44.2 Å². The minimum Gasteiger partial charge on any atom is -0.278 e. The van der Waals surface area contributed by atoms with Crippen LogP contribution in [0.15, 0.2) is 127 Å². The summed E-state index contributed by atoms with van der Waals surface area (Å²) >= 11 is 0. The average molecular weight is 566 g/mol. The number of rotatable bonds is 3. The molecule has 210 valence electrons. The van der Waals surface area contributed by atoms with Crippen molar-refractivity contribution in [2.75, 3.05) is 0 Å². The van der Waals surface area contributed by atoms with Gasteiger partial charge < -0.3 is 0 Å². The molecule has 2 aliphatic carbocycles. The summed E-state index contributed by atoms with van der Waals surface area (Å²) < 4.78 is 2.26. The van der Waals surface area contributed by atoms with E-state index >= 15 is 0 Å². The molecule has 0 amide bonds. The lowest BCUT2D eigenvalue weighted by atomic mass is 9.82. The van der Waals surface area contributed by atoms with E-state index in [1.54, 1.807) is 0 Å². The van der Waals surface area contributed by atoms with Gasteiger partial charge in [0, 0.05) is 27.1 Å². The lowest BCUT2D eigenvalue weighted by Gasteiger charge is -2.21. The van der Waals surface area contributed by atoms with E-state index in [9.17, 15) is 0 Å². The zero-order chi connectivity index (χ0) is 29.4. The molecule has 3 nitrogen and oxygen atoms in total. The summed E-state index contributed by atoms with van der Waals surface area (Å²) in [5, 5.41) is 3.55. The van der Waals surface area contributed by atoms with Gasteiger partial charge in [-0.3, -0.25) is 4.57 Å². The number of hydrogen-bond donors (Lipinski definition) is 0. The van der Waals surface area contributed by atoms with Crippen LogP contribution in [-0.2, 0) is 5.41 Å². The highest BCUT2D eigenvalue weighted by molar-refractivity contribution is 6.17. The topological polar surface area (TPSA) is 30.7 Å². The minimum absolute atomic E-state index is 0.0639. The predicted molar refractivity (Wildman–Crippen MR) is 183 cm³/mol. The van der Waals surface area contributed by atoms with E-state index in [2.05, 4.69) is 146 Å². The number of aromatic nitrogens is 3. The molecule has 0 atom stereocenters. The van der Waals surface area contributed by atoms with Gasteiger partial charge in [-0.05, 0) is 64.4 Å². The van der Waals surface area contributed by atoms with Crippen LogP contribution >= 0.6 is 0 Å². The largest absolute Gasteiger partial charge is 0.278 e. The number of fused-ring (bicyclic) bond motifs is 8. The molecule has 0 unspecified atom stereocenters. The van der Waals surface area contributed by atoms with Gasteiger partial charge in [0.05, 0.1) is 22.2 Å². The summed E-state index contributed by atoms with van der Waals surface area (Å²) in [5.74, 6) is 0.692. The first-order chi connectivity index (χ1) is 21.6. The van der Waals surface area contributed by atoms with Crippen LogP contribution in [0.2, 0.25) is 0 Å². The van der Waals surface area contributed by atoms with Crippen LogP contribution in [0.3, 0.4) is 0 Å². The van der Waals surface area contributed by atoms with Gasteiger partial charge >= 0.3 is 0 Å². The number of benzene rings is 5. The van der Waals surface area contributed by atoms with Gasteiger partial charge in [0.2, 0.25) is 5.95 Å². The molecule has 7 aromatic rings. The fourth-order valence-corrected chi connectivity index (χ4v) is 7.50. The molecule has 2 aliphatic rings. The van der Waals surface area contributed by atoms with E-state index in [-0.39, 0.29) is 5.41 Å². The first-order valence-corrected chi connectivity index (χ1v) is 15.5. The van der Waals surface area contributed by atoms with Crippen LogP contribution < -0.4 is 0 Å². The predicted octanol–water partition coefficient (Wildman–Crippen LogP) is 10.4. The number of allylic oxidation sites excluding steroid dienone is 4. The van der Waals surface area contributed by atoms with Crippen LogP contribution in [0.4, 0.5) is 0 Å². The van der Waals surface area contributed by atoms with Gasteiger partial charge in [-0.1, -0.05) is 123 Å². The van der Waals surface area contributed by atoms with Gasteiger partial charge in [-0.25, -0.2) is 9.97 Å². The molecule has 0 spiro atoms. The van der Waals surface area contributed by atoms with Crippen molar-refractivity contribution in [1.29, 1.82) is 0 Å². The van der Waals surface area contributed by atoms with Gasteiger partial charge in [0.15, 0.2) is 0 Å². The number of nitrogens with zero attached hydrogens (tertiary/aromatic N) is 3. The third-order valence-electron chi connectivity index (χ3n) is 9.66. The summed E-state index contributed by atoms with van der Waals surface area (Å²) in [6.07, 6.45) is 9.03. The van der Waals surface area contributed by atoms with E-state index < -0.39 is 0 Å². The highest BCUT2D eigenvalue weighted by atomic mass is 15.2. The molecule has 9 rings (SSSR count). The fraction of sp³-hybridized carbons (Fsp3) is 0.122. The summed E-state index contributed by atoms with van der Waals surface area (Å²) in [5.41, 5.74) is 13.1. The van der Waals surface area contributed by atoms with Gasteiger partial charge in [0.25, 0.3) is 0 Å². The third-order valence-corrected chi connectivity index (χ3v) is 9.66. The Hall–Kier alpha value is -5.28. The lowest BCUT2D eigenvalue weighted by Crippen LogP contribution is -2.14. The summed E-state index contributed by atoms with van der Waals surface area (Å²) in [6.45, 7) is 4.68. The molecule has 0 N–H and O–H groups in total. The van der Waals surface area contributed by atoms with E-state index in [1.807, 2.05) is 0 Å². The molecule has 0 aliphatic heterocycles. The Balaban J connectivity index is 1.31. The lowest BCUT2D eigenvalue weighted by molar-refractivity contribution is 0.661. The standard InChI is InChI=1S/C41H31N3/c1-41(2)32-17-9-6-14-29(32)37-33(41)24-25-36-38(37)31-16-8-11-19-35(31)44(36)40-42-34-18-10-7-15-30(34)39(43-40)28-22-20-27(21-23-28)26-12-4-3-5-13-26/h4,6-25H,3,5H2,1-2H3. The molecule has 44 heavy (non-hydrogen) atoms. The van der Waals surface area contributed by atoms with Gasteiger partial charge in [-0.15, -0.1) is 0 Å². The van der Waals surface area contributed by atoms with Gasteiger partial charge in [0.1, 0.15) is 0 Å². The monoisotopic (exact) mass is 565 g/mol. The van der Waals surface area contributed by atoms with E-state index in [0.29, 0.717) is 5.95 Å². The first kappa shape index (κ1) is 25.2. The smallest absolute Gasteiger partial charge is 0.235 e. The van der Waals surface area contributed by atoms with Crippen molar-refractivity contribution in [3.05, 3.63) is 144 Å². The Morgan fingerprint density at radius 3 is 2.23 bits per heavy atom. The maximum absolute atomic E-state index is 5.35. The molecule has 0 bridgehead atoms.